The Bertz CT molecular complexity index is 435. The lowest BCUT2D eigenvalue weighted by Crippen LogP contribution is -2.40. The second-order valence-electron chi connectivity index (χ2n) is 6.54. The van der Waals surface area contributed by atoms with Gasteiger partial charge in [0.25, 0.3) is 0 Å². The van der Waals surface area contributed by atoms with Crippen LogP contribution in [0.3, 0.4) is 0 Å². The molecule has 1 N–H and O–H groups in total. The molecule has 0 saturated heterocycles. The van der Waals surface area contributed by atoms with E-state index in [0.717, 1.165) is 24.9 Å². The first-order valence-corrected chi connectivity index (χ1v) is 7.39. The van der Waals surface area contributed by atoms with Crippen LogP contribution >= 0.6 is 0 Å². The highest BCUT2D eigenvalue weighted by atomic mass is 16.2. The fraction of sp³-hybridized carbons (Fsp3) is 0.625. The van der Waals surface area contributed by atoms with Crippen LogP contribution in [0.2, 0.25) is 0 Å². The Morgan fingerprint density at radius 2 is 2.20 bits per heavy atom. The molecule has 0 aliphatic heterocycles. The molecule has 2 rings (SSSR count). The highest BCUT2D eigenvalue weighted by Crippen LogP contribution is 2.28. The molecule has 0 spiro atoms. The maximum absolute atomic E-state index is 12.4. The van der Waals surface area contributed by atoms with Crippen LogP contribution in [-0.4, -0.2) is 33.9 Å². The van der Waals surface area contributed by atoms with Crippen molar-refractivity contribution in [2.75, 3.05) is 6.54 Å². The van der Waals surface area contributed by atoms with Crippen LogP contribution < -0.4 is 5.32 Å². The summed E-state index contributed by atoms with van der Waals surface area (Å²) in [5.74, 6) is 0.244. The molecule has 1 aromatic rings. The summed E-state index contributed by atoms with van der Waals surface area (Å²) < 4.78 is 0. The third kappa shape index (κ3) is 4.93. The van der Waals surface area contributed by atoms with Crippen molar-refractivity contribution in [2.24, 2.45) is 0 Å². The summed E-state index contributed by atoms with van der Waals surface area (Å²) in [6.07, 6.45) is 6.45. The Labute approximate surface area is 121 Å². The molecule has 0 unspecified atom stereocenters. The lowest BCUT2D eigenvalue weighted by atomic mass is 10.1. The zero-order valence-electron chi connectivity index (χ0n) is 12.7. The van der Waals surface area contributed by atoms with E-state index in [9.17, 15) is 4.79 Å². The number of aromatic nitrogens is 1. The van der Waals surface area contributed by atoms with E-state index in [0.29, 0.717) is 19.0 Å². The molecule has 110 valence electrons. The van der Waals surface area contributed by atoms with Crippen molar-refractivity contribution in [2.45, 2.75) is 58.2 Å². The number of hydrogen-bond donors (Lipinski definition) is 1. The van der Waals surface area contributed by atoms with Gasteiger partial charge in [-0.2, -0.15) is 0 Å². The van der Waals surface area contributed by atoms with Crippen LogP contribution in [0.5, 0.6) is 0 Å². The fourth-order valence-corrected chi connectivity index (χ4v) is 2.18. The van der Waals surface area contributed by atoms with Crippen molar-refractivity contribution < 1.29 is 4.79 Å². The average Bonchev–Trinajstić information content (AvgIpc) is 3.19. The van der Waals surface area contributed by atoms with E-state index in [1.54, 1.807) is 6.20 Å². The van der Waals surface area contributed by atoms with E-state index in [1.807, 2.05) is 23.2 Å². The molecule has 0 radical (unpaired) electrons. The van der Waals surface area contributed by atoms with Gasteiger partial charge in [-0.05, 0) is 45.2 Å². The average molecular weight is 275 g/mol. The Morgan fingerprint density at radius 1 is 1.45 bits per heavy atom. The number of carbonyl (C=O) groups excluding carboxylic acids is 1. The number of rotatable bonds is 6. The smallest absolute Gasteiger partial charge is 0.224 e. The molecule has 1 aliphatic carbocycles. The Morgan fingerprint density at radius 3 is 2.75 bits per heavy atom. The van der Waals surface area contributed by atoms with Gasteiger partial charge < -0.3 is 10.2 Å². The summed E-state index contributed by atoms with van der Waals surface area (Å²) in [5, 5.41) is 3.37. The van der Waals surface area contributed by atoms with E-state index in [2.05, 4.69) is 31.1 Å². The minimum absolute atomic E-state index is 0.0635. The molecule has 1 heterocycles. The van der Waals surface area contributed by atoms with Gasteiger partial charge in [0.2, 0.25) is 5.91 Å². The molecular weight excluding hydrogens is 250 g/mol. The Kier molecular flexibility index (Phi) is 4.76. The molecule has 1 saturated carbocycles. The Hall–Kier alpha value is -1.42. The minimum Gasteiger partial charge on any atom is -0.335 e. The molecule has 1 amide bonds. The number of nitrogens with zero attached hydrogens (tertiary/aromatic N) is 2. The van der Waals surface area contributed by atoms with Crippen molar-refractivity contribution in [3.8, 4) is 0 Å². The first kappa shape index (κ1) is 15.0. The summed E-state index contributed by atoms with van der Waals surface area (Å²) in [6.45, 7) is 7.77. The largest absolute Gasteiger partial charge is 0.335 e. The van der Waals surface area contributed by atoms with Gasteiger partial charge in [-0.15, -0.1) is 0 Å². The minimum atomic E-state index is 0.0635. The van der Waals surface area contributed by atoms with Crippen LogP contribution in [0.25, 0.3) is 0 Å². The topological polar surface area (TPSA) is 45.2 Å². The predicted molar refractivity (Wildman–Crippen MR) is 80.2 cm³/mol. The van der Waals surface area contributed by atoms with Crippen molar-refractivity contribution in [3.63, 3.8) is 0 Å². The highest BCUT2D eigenvalue weighted by molar-refractivity contribution is 5.77. The van der Waals surface area contributed by atoms with Crippen LogP contribution in [0, 0.1) is 0 Å². The van der Waals surface area contributed by atoms with E-state index in [1.165, 1.54) is 0 Å². The summed E-state index contributed by atoms with van der Waals surface area (Å²) in [7, 11) is 0. The normalized spacial score (nSPS) is 15.2. The van der Waals surface area contributed by atoms with Crippen LogP contribution in [-0.2, 0) is 11.3 Å². The second-order valence-corrected chi connectivity index (χ2v) is 6.54. The number of nitrogens with one attached hydrogen (secondary N) is 1. The third-order valence-corrected chi connectivity index (χ3v) is 3.38. The van der Waals surface area contributed by atoms with Gasteiger partial charge in [0, 0.05) is 43.5 Å². The molecule has 4 nitrogen and oxygen atoms in total. The first-order valence-electron chi connectivity index (χ1n) is 7.39. The van der Waals surface area contributed by atoms with Crippen LogP contribution in [0.15, 0.2) is 24.5 Å². The highest BCUT2D eigenvalue weighted by Gasteiger charge is 2.32. The number of carbonyl (C=O) groups is 1. The molecule has 1 aromatic heterocycles. The number of pyridine rings is 1. The standard InChI is InChI=1S/C16H25N3O/c1-16(2,3)18-10-8-15(20)19(14-6-7-14)12-13-5-4-9-17-11-13/h4-5,9,11,14,18H,6-8,10,12H2,1-3H3. The van der Waals surface area contributed by atoms with Gasteiger partial charge in [0.05, 0.1) is 0 Å². The van der Waals surface area contributed by atoms with Gasteiger partial charge in [0.1, 0.15) is 0 Å². The van der Waals surface area contributed by atoms with Gasteiger partial charge in [-0.1, -0.05) is 6.07 Å². The zero-order chi connectivity index (χ0) is 14.6. The number of amides is 1. The van der Waals surface area contributed by atoms with E-state index < -0.39 is 0 Å². The maximum atomic E-state index is 12.4. The van der Waals surface area contributed by atoms with Crippen molar-refractivity contribution >= 4 is 5.91 Å². The third-order valence-electron chi connectivity index (χ3n) is 3.38. The SMILES string of the molecule is CC(C)(C)NCCC(=O)N(Cc1cccnc1)C1CC1. The Balaban J connectivity index is 1.87. The van der Waals surface area contributed by atoms with Crippen molar-refractivity contribution in [1.29, 1.82) is 0 Å². The summed E-state index contributed by atoms with van der Waals surface area (Å²) >= 11 is 0. The lowest BCUT2D eigenvalue weighted by molar-refractivity contribution is -0.132. The molecular formula is C16H25N3O. The molecule has 20 heavy (non-hydrogen) atoms. The van der Waals surface area contributed by atoms with E-state index in [4.69, 9.17) is 0 Å². The second kappa shape index (κ2) is 6.35. The summed E-state index contributed by atoms with van der Waals surface area (Å²) in [5.41, 5.74) is 1.17. The quantitative estimate of drug-likeness (QED) is 0.867. The number of hydrogen-bond acceptors (Lipinski definition) is 3. The summed E-state index contributed by atoms with van der Waals surface area (Å²) in [4.78, 5) is 18.5. The van der Waals surface area contributed by atoms with E-state index in [-0.39, 0.29) is 11.4 Å². The van der Waals surface area contributed by atoms with Gasteiger partial charge >= 0.3 is 0 Å². The monoisotopic (exact) mass is 275 g/mol. The first-order chi connectivity index (χ1) is 9.46. The van der Waals surface area contributed by atoms with Crippen LogP contribution in [0.4, 0.5) is 0 Å². The molecule has 0 atom stereocenters. The van der Waals surface area contributed by atoms with Gasteiger partial charge in [-0.3, -0.25) is 9.78 Å². The van der Waals surface area contributed by atoms with Gasteiger partial charge in [-0.25, -0.2) is 0 Å². The fourth-order valence-electron chi connectivity index (χ4n) is 2.18. The molecule has 0 bridgehead atoms. The van der Waals surface area contributed by atoms with Crippen molar-refractivity contribution in [3.05, 3.63) is 30.1 Å². The predicted octanol–water partition coefficient (Wildman–Crippen LogP) is 2.35. The maximum Gasteiger partial charge on any atom is 0.224 e. The summed E-state index contributed by atoms with van der Waals surface area (Å²) in [6, 6.07) is 4.40. The van der Waals surface area contributed by atoms with Crippen molar-refractivity contribution in [1.82, 2.24) is 15.2 Å². The molecule has 0 aromatic carbocycles. The van der Waals surface area contributed by atoms with Gasteiger partial charge in [0.15, 0.2) is 0 Å². The zero-order valence-corrected chi connectivity index (χ0v) is 12.7. The molecule has 4 heteroatoms. The molecule has 1 fully saturated rings. The molecule has 1 aliphatic rings. The lowest BCUT2D eigenvalue weighted by Gasteiger charge is -2.24. The van der Waals surface area contributed by atoms with Crippen LogP contribution in [0.1, 0.15) is 45.6 Å². The van der Waals surface area contributed by atoms with E-state index >= 15 is 0 Å².